The lowest BCUT2D eigenvalue weighted by atomic mass is 9.97. The summed E-state index contributed by atoms with van der Waals surface area (Å²) in [4.78, 5) is 153. The predicted octanol–water partition coefficient (Wildman–Crippen LogP) is 6.03. The Morgan fingerprint density at radius 1 is 0.222 bits per heavy atom. The molecule has 0 spiro atoms. The van der Waals surface area contributed by atoms with Crippen molar-refractivity contribution in [2.45, 2.75) is 37.6 Å². The fourth-order valence-electron chi connectivity index (χ4n) is 11.8. The zero-order valence-electron chi connectivity index (χ0n) is 67.3. The Morgan fingerprint density at radius 3 is 0.644 bits per heavy atom. The smallest absolute Gasteiger partial charge is 0.343 e. The lowest BCUT2D eigenvalue weighted by Crippen LogP contribution is -2.63. The van der Waals surface area contributed by atoms with Crippen molar-refractivity contribution in [2.24, 2.45) is 0 Å². The van der Waals surface area contributed by atoms with Crippen LogP contribution in [0.15, 0.2) is 133 Å². The van der Waals surface area contributed by atoms with Gasteiger partial charge in [0.05, 0.1) is 68.3 Å². The van der Waals surface area contributed by atoms with Gasteiger partial charge in [-0.3, -0.25) is 0 Å². The van der Waals surface area contributed by atoms with Crippen LogP contribution in [0, 0.1) is 6.92 Å². The number of benzene rings is 11. The minimum atomic E-state index is -3.12. The van der Waals surface area contributed by atoms with Crippen LogP contribution in [0.5, 0.6) is 184 Å². The molecule has 11 aromatic rings. The summed E-state index contributed by atoms with van der Waals surface area (Å²) in [5.41, 5.74) is -9.42. The fourth-order valence-corrected chi connectivity index (χ4v) is 11.8. The van der Waals surface area contributed by atoms with Gasteiger partial charge in [0.25, 0.3) is 0 Å². The van der Waals surface area contributed by atoms with Crippen molar-refractivity contribution in [3.8, 4) is 184 Å². The van der Waals surface area contributed by atoms with E-state index in [0.29, 0.717) is 127 Å². The molecule has 702 valence electrons. The number of carbonyl (C=O) groups excluding carboxylic acids is 11. The van der Waals surface area contributed by atoms with Gasteiger partial charge in [0.2, 0.25) is 41.1 Å². The minimum absolute atomic E-state index is 0.125. The van der Waals surface area contributed by atoms with Crippen molar-refractivity contribution >= 4 is 65.7 Å². The topological polar surface area (TPSA) is 845 Å². The summed E-state index contributed by atoms with van der Waals surface area (Å²) < 4.78 is 64.9. The Morgan fingerprint density at radius 2 is 0.407 bits per heavy atom. The van der Waals surface area contributed by atoms with Crippen LogP contribution in [0.1, 0.15) is 120 Å². The van der Waals surface area contributed by atoms with Gasteiger partial charge >= 0.3 is 65.7 Å². The van der Waals surface area contributed by atoms with E-state index in [-0.39, 0.29) is 17.1 Å². The molecular formula is C85H62O50. The van der Waals surface area contributed by atoms with E-state index in [4.69, 9.17) is 52.1 Å². The molecule has 0 aliphatic carbocycles. The van der Waals surface area contributed by atoms with Gasteiger partial charge in [-0.05, 0) is 140 Å². The number of phenols is 27. The van der Waals surface area contributed by atoms with Crippen molar-refractivity contribution in [1.82, 2.24) is 0 Å². The first kappa shape index (κ1) is 95.8. The van der Waals surface area contributed by atoms with Gasteiger partial charge in [-0.2, -0.15) is 0 Å². The molecule has 12 rings (SSSR count). The molecule has 27 N–H and O–H groups in total. The molecule has 1 fully saturated rings. The van der Waals surface area contributed by atoms with Gasteiger partial charge in [0.15, 0.2) is 156 Å². The highest BCUT2D eigenvalue weighted by molar-refractivity contribution is 6.01. The molecule has 1 heterocycles. The summed E-state index contributed by atoms with van der Waals surface area (Å²) in [7, 11) is 1.23. The third-order valence-electron chi connectivity index (χ3n) is 18.7. The summed E-state index contributed by atoms with van der Waals surface area (Å²) in [6.45, 7) is -0.161. The van der Waals surface area contributed by atoms with E-state index in [1.165, 1.54) is 19.2 Å². The average molecular weight is 1880 g/mol. The summed E-state index contributed by atoms with van der Waals surface area (Å²) in [5.74, 6) is -56.8. The quantitative estimate of drug-likeness (QED) is 0.0159. The van der Waals surface area contributed by atoms with Crippen LogP contribution < -0.4 is 23.7 Å². The number of carbonyl (C=O) groups is 11. The Labute approximate surface area is 746 Å². The van der Waals surface area contributed by atoms with Gasteiger partial charge < -0.3 is 195 Å². The molecule has 0 radical (unpaired) electrons. The molecule has 135 heavy (non-hydrogen) atoms. The fraction of sp³-hybridized carbons (Fsp3) is 0.0941. The highest BCUT2D eigenvalue weighted by atomic mass is 16.8. The van der Waals surface area contributed by atoms with E-state index in [1.54, 1.807) is 6.92 Å². The second-order valence-corrected chi connectivity index (χ2v) is 27.8. The lowest BCUT2D eigenvalue weighted by molar-refractivity contribution is -0.282. The normalized spacial score (nSPS) is 14.2. The van der Waals surface area contributed by atoms with E-state index >= 15 is 14.4 Å². The zero-order valence-corrected chi connectivity index (χ0v) is 67.3. The molecule has 1 unspecified atom stereocenters. The number of esters is 11. The van der Waals surface area contributed by atoms with E-state index in [2.05, 4.69) is 4.74 Å². The van der Waals surface area contributed by atoms with Crippen LogP contribution in [0.25, 0.3) is 0 Å². The molecule has 1 aliphatic rings. The number of hydrogen-bond acceptors (Lipinski definition) is 50. The van der Waals surface area contributed by atoms with E-state index in [1.807, 2.05) is 0 Å². The third kappa shape index (κ3) is 20.7. The maximum absolute atomic E-state index is 15.3. The predicted molar refractivity (Wildman–Crippen MR) is 429 cm³/mol. The van der Waals surface area contributed by atoms with E-state index in [9.17, 15) is 176 Å². The molecule has 50 nitrogen and oxygen atoms in total. The number of ether oxygens (including phenoxy) is 12. The SMILES string of the molecule is COC(=O)c1cc(O)c(C)c(O)c1.O=C(OC[C@H]1OC(OC(=O)c2cc(O)c(O)c(OC(=O)c3cc(O)c(O)c(O)c3)c2)[C@H](OC(=O)c2cc(O)c(O)c(OC(=O)c3cc(O)c(O)c(O)c3)c2)[C@@H](OC(=O)c2cc(O)c(O)c(OC(=O)c3cc(O)c(O)c(O)c3)c2)[C@@H]1OC(=O)c1cc(O)c(O)c(OC(=O)c2cc(O)c(O)c(O)c2)c1)c1cc(O)c(O)c(OC(=O)c2cc(O)c(O)c(O)c2)c1. The number of rotatable bonds is 22. The zero-order chi connectivity index (χ0) is 99.4. The first-order chi connectivity index (χ1) is 63.4. The largest absolute Gasteiger partial charge is 0.508 e. The molecule has 0 aromatic heterocycles. The highest BCUT2D eigenvalue weighted by Gasteiger charge is 2.55. The van der Waals surface area contributed by atoms with Crippen molar-refractivity contribution in [2.75, 3.05) is 13.7 Å². The van der Waals surface area contributed by atoms with Crippen LogP contribution in [0.4, 0.5) is 0 Å². The number of hydrogen-bond donors (Lipinski definition) is 27. The number of methoxy groups -OCH3 is 1. The number of phenolic OH excluding ortho intramolecular Hbond substituents is 27. The summed E-state index contributed by atoms with van der Waals surface area (Å²) in [6.07, 6.45) is -15.1. The molecule has 50 heteroatoms. The average Bonchev–Trinajstić information content (AvgIpc) is 0.762. The Balaban J connectivity index is 0.00000124. The van der Waals surface area contributed by atoms with Crippen molar-refractivity contribution in [3.05, 3.63) is 200 Å². The summed E-state index contributed by atoms with van der Waals surface area (Å²) in [5, 5.41) is 280. The van der Waals surface area contributed by atoms with Crippen LogP contribution in [-0.2, 0) is 33.2 Å². The van der Waals surface area contributed by atoms with Crippen LogP contribution in [-0.4, -0.2) is 248 Å². The Kier molecular flexibility index (Phi) is 27.2. The first-order valence-corrected chi connectivity index (χ1v) is 36.9. The Hall–Kier alpha value is -19.8. The van der Waals surface area contributed by atoms with Crippen molar-refractivity contribution in [3.63, 3.8) is 0 Å². The van der Waals surface area contributed by atoms with Crippen molar-refractivity contribution in [1.29, 1.82) is 0 Å². The first-order valence-electron chi connectivity index (χ1n) is 36.9. The molecule has 0 saturated carbocycles. The van der Waals surface area contributed by atoms with Crippen LogP contribution >= 0.6 is 0 Å². The molecule has 1 saturated heterocycles. The lowest BCUT2D eigenvalue weighted by Gasteiger charge is -2.43. The monoisotopic (exact) mass is 1880 g/mol. The van der Waals surface area contributed by atoms with Gasteiger partial charge in [0, 0.05) is 5.56 Å². The van der Waals surface area contributed by atoms with Gasteiger partial charge in [-0.15, -0.1) is 0 Å². The van der Waals surface area contributed by atoms with Crippen molar-refractivity contribution < 1.29 is 247 Å². The molecule has 0 bridgehead atoms. The molecular weight excluding hydrogens is 1820 g/mol. The maximum Gasteiger partial charge on any atom is 0.343 e. The standard InChI is InChI=1S/C76H52O46.C9H10O4/c77-32-1-22(2-33(78)53(32)92)67(103)113-47-16-27(11-42(87)58(47)97)66(102)112-21-52-63(119-72(108)28-12-43(88)59(98)48(17-28)114-68(104)23-3-34(79)54(93)35(80)4-23)64(120-73(109)29-13-44(89)60(99)49(18-29)115-69(105)24-5-36(81)55(94)37(82)6-24)65(121-74(110)30-14-45(90)61(100)50(19-30)116-70(106)25-7-38(83)56(95)39(84)8-25)76(118-52)122-75(111)31-15-46(91)62(101)51(20-31)117-71(107)26-9-40(85)57(96)41(86)10-26;1-5-7(10)3-6(4-8(5)11)9(12)13-2/h1-20,52,63-65,76-101H,21H2;3-4,10-11H,1-2H3/t52-,63-,64+,65-,76?;/m1./s1. The van der Waals surface area contributed by atoms with Crippen LogP contribution in [0.3, 0.4) is 0 Å². The third-order valence-corrected chi connectivity index (χ3v) is 18.7. The van der Waals surface area contributed by atoms with E-state index in [0.717, 1.165) is 0 Å². The molecule has 11 aromatic carbocycles. The molecule has 0 amide bonds. The van der Waals surface area contributed by atoms with Gasteiger partial charge in [0.1, 0.15) is 24.2 Å². The molecule has 5 atom stereocenters. The Bertz CT molecular complexity index is 6630. The maximum atomic E-state index is 15.3. The summed E-state index contributed by atoms with van der Waals surface area (Å²) >= 11 is 0. The molecule has 1 aliphatic heterocycles. The second kappa shape index (κ2) is 38.4. The summed E-state index contributed by atoms with van der Waals surface area (Å²) in [6, 6.07) is 11.1. The van der Waals surface area contributed by atoms with Gasteiger partial charge in [-0.1, -0.05) is 0 Å². The second-order valence-electron chi connectivity index (χ2n) is 27.8. The van der Waals surface area contributed by atoms with Crippen LogP contribution in [0.2, 0.25) is 0 Å². The van der Waals surface area contributed by atoms with E-state index < -0.39 is 331 Å². The highest BCUT2D eigenvalue weighted by Crippen LogP contribution is 2.48. The van der Waals surface area contributed by atoms with Gasteiger partial charge in [-0.25, -0.2) is 52.7 Å². The number of aromatic hydroxyl groups is 27. The minimum Gasteiger partial charge on any atom is -0.508 e.